The highest BCUT2D eigenvalue weighted by Gasteiger charge is 1.88. The van der Waals surface area contributed by atoms with Gasteiger partial charge >= 0.3 is 0 Å². The first-order valence-corrected chi connectivity index (χ1v) is 2.10. The van der Waals surface area contributed by atoms with Gasteiger partial charge in [0.05, 0.1) is 16.6 Å². The molecule has 0 bridgehead atoms. The van der Waals surface area contributed by atoms with Gasteiger partial charge in [-0.15, -0.1) is 0 Å². The average molecular weight is 133 g/mol. The highest BCUT2D eigenvalue weighted by atomic mass is 19.1. The van der Waals surface area contributed by atoms with Crippen molar-refractivity contribution in [3.05, 3.63) is 30.0 Å². The van der Waals surface area contributed by atoms with Gasteiger partial charge in [-0.2, -0.15) is 0 Å². The molecule has 9 heavy (non-hydrogen) atoms. The topological polar surface area (TPSA) is 9.23 Å². The van der Waals surface area contributed by atoms with Crippen LogP contribution in [0.25, 0.3) is 0 Å². The third-order valence-corrected chi connectivity index (χ3v) is 0.674. The molecule has 48 valence electrons. The van der Waals surface area contributed by atoms with Crippen LogP contribution in [0.4, 0.5) is 4.39 Å². The third-order valence-electron chi connectivity index (χ3n) is 0.674. The van der Waals surface area contributed by atoms with E-state index in [9.17, 15) is 4.39 Å². The van der Waals surface area contributed by atoms with Crippen molar-refractivity contribution in [2.75, 3.05) is 7.04 Å². The van der Waals surface area contributed by atoms with E-state index in [0.717, 1.165) is 0 Å². The van der Waals surface area contributed by atoms with Gasteiger partial charge in [-0.05, 0) is 24.2 Å². The molecular weight excluding hydrogens is 119 g/mol. The number of methoxy groups -OCH3 is 1. The lowest BCUT2D eigenvalue weighted by molar-refractivity contribution is 0.413. The van der Waals surface area contributed by atoms with Crippen molar-refractivity contribution >= 4 is 0 Å². The van der Waals surface area contributed by atoms with Gasteiger partial charge in [-0.1, -0.05) is 0 Å². The predicted molar refractivity (Wildman–Crippen MR) is 33.0 cm³/mol. The molecule has 1 rings (SSSR count). The van der Waals surface area contributed by atoms with Crippen LogP contribution in [0, 0.1) is 5.82 Å². The Morgan fingerprint density at radius 1 is 1.56 bits per heavy atom. The molecule has 0 radical (unpaired) electrons. The van der Waals surface area contributed by atoms with E-state index in [2.05, 4.69) is 4.74 Å². The summed E-state index contributed by atoms with van der Waals surface area (Å²) >= 11 is 0. The van der Waals surface area contributed by atoms with E-state index >= 15 is 0 Å². The van der Waals surface area contributed by atoms with Gasteiger partial charge in [0.2, 0.25) is 0 Å². The van der Waals surface area contributed by atoms with E-state index in [4.69, 9.17) is 9.60 Å². The van der Waals surface area contributed by atoms with Crippen LogP contribution in [0.2, 0.25) is 0 Å². The Bertz CT molecular complexity index is 399. The SMILES string of the molecule is [2H]c1c([2H])c(OC([2H])([2H])[2H])c([2H])c([2H])c1F. The predicted octanol–water partition coefficient (Wildman–Crippen LogP) is 1.83. The zero-order chi connectivity index (χ0) is 12.7. The van der Waals surface area contributed by atoms with E-state index < -0.39 is 42.8 Å². The molecule has 0 aliphatic rings. The molecule has 0 atom stereocenters. The van der Waals surface area contributed by atoms with Gasteiger partial charge in [0.25, 0.3) is 0 Å². The first kappa shape index (κ1) is 1.72. The number of benzene rings is 1. The van der Waals surface area contributed by atoms with Gasteiger partial charge in [-0.3, -0.25) is 0 Å². The van der Waals surface area contributed by atoms with Crippen LogP contribution in [0.15, 0.2) is 24.2 Å². The van der Waals surface area contributed by atoms with Gasteiger partial charge in [-0.25, -0.2) is 4.39 Å². The zero-order valence-corrected chi connectivity index (χ0v) is 4.29. The fourth-order valence-corrected chi connectivity index (χ4v) is 0.337. The maximum absolute atomic E-state index is 13.1. The smallest absolute Gasteiger partial charge is 0.123 e. The molecule has 0 saturated carbocycles. The molecule has 0 unspecified atom stereocenters. The summed E-state index contributed by atoms with van der Waals surface area (Å²) in [6, 6.07) is -3.62. The second-order valence-corrected chi connectivity index (χ2v) is 1.25. The molecule has 0 aromatic heterocycles. The third kappa shape index (κ3) is 1.42. The highest BCUT2D eigenvalue weighted by Crippen LogP contribution is 2.08. The first-order valence-electron chi connectivity index (χ1n) is 5.60. The molecule has 1 aromatic carbocycles. The number of halogens is 1. The van der Waals surface area contributed by atoms with Crippen molar-refractivity contribution in [2.45, 2.75) is 0 Å². The Hall–Kier alpha value is -1.05. The molecule has 1 nitrogen and oxygen atoms in total. The van der Waals surface area contributed by atoms with E-state index in [1.165, 1.54) is 0 Å². The van der Waals surface area contributed by atoms with Crippen LogP contribution in [0.1, 0.15) is 9.60 Å². The second-order valence-electron chi connectivity index (χ2n) is 1.25. The number of hydrogen-bond acceptors (Lipinski definition) is 1. The molecule has 0 fully saturated rings. The Kier molecular flexibility index (Phi) is 0.474. The Labute approximate surface area is 62.9 Å². The highest BCUT2D eigenvalue weighted by molar-refractivity contribution is 5.21. The van der Waals surface area contributed by atoms with E-state index in [1.54, 1.807) is 0 Å². The maximum atomic E-state index is 13.1. The summed E-state index contributed by atoms with van der Waals surface area (Å²) < 4.78 is 66.4. The molecule has 0 saturated heterocycles. The van der Waals surface area contributed by atoms with Crippen molar-refractivity contribution in [1.29, 1.82) is 0 Å². The fourth-order valence-electron chi connectivity index (χ4n) is 0.337. The molecule has 0 amide bonds. The van der Waals surface area contributed by atoms with Gasteiger partial charge < -0.3 is 4.74 Å². The number of ether oxygens (including phenoxy) is 1. The molecule has 0 N–H and O–H groups in total. The Balaban J connectivity index is 3.40. The van der Waals surface area contributed by atoms with Crippen LogP contribution in [-0.4, -0.2) is 7.04 Å². The average Bonchev–Trinajstić information content (AvgIpc) is 2.17. The summed E-state index contributed by atoms with van der Waals surface area (Å²) in [6.45, 7) is 0. The van der Waals surface area contributed by atoms with Crippen molar-refractivity contribution < 1.29 is 18.7 Å². The minimum Gasteiger partial charge on any atom is -0.497 e. The largest absolute Gasteiger partial charge is 0.497 e. The molecular formula is C7H7FO. The lowest BCUT2D eigenvalue weighted by Crippen LogP contribution is -1.80. The van der Waals surface area contributed by atoms with Crippen molar-refractivity contribution in [2.24, 2.45) is 0 Å². The summed E-state index contributed by atoms with van der Waals surface area (Å²) in [5.41, 5.74) is 0. The van der Waals surface area contributed by atoms with Gasteiger partial charge in [0.15, 0.2) is 0 Å². The minimum absolute atomic E-state index is 0.781. The summed E-state index contributed by atoms with van der Waals surface area (Å²) in [5.74, 6) is -2.12. The first-order chi connectivity index (χ1) is 7.15. The Morgan fingerprint density at radius 3 is 2.78 bits per heavy atom. The molecule has 0 spiro atoms. The molecule has 0 heterocycles. The van der Waals surface area contributed by atoms with E-state index in [-0.39, 0.29) is 0 Å². The molecule has 2 heteroatoms. The standard InChI is InChI=1S/C7H7FO/c1-9-7-4-2-6(8)3-5-7/h2-5H,1H3/i1D3,2D,3D,4D,5D. The second kappa shape index (κ2) is 2.49. The summed E-state index contributed by atoms with van der Waals surface area (Å²) in [6.07, 6.45) is 0. The van der Waals surface area contributed by atoms with Crippen LogP contribution < -0.4 is 4.74 Å². The number of rotatable bonds is 1. The zero-order valence-electron chi connectivity index (χ0n) is 11.3. The maximum Gasteiger partial charge on any atom is 0.123 e. The minimum atomic E-state index is -2.91. The van der Waals surface area contributed by atoms with Gasteiger partial charge in [0, 0.05) is 0 Å². The fraction of sp³-hybridized carbons (Fsp3) is 0.143. The van der Waals surface area contributed by atoms with Crippen molar-refractivity contribution in [1.82, 2.24) is 0 Å². The van der Waals surface area contributed by atoms with Crippen molar-refractivity contribution in [3.63, 3.8) is 0 Å². The normalized spacial score (nSPS) is 21.7. The van der Waals surface area contributed by atoms with Crippen LogP contribution in [0.3, 0.4) is 0 Å². The number of hydrogen-bond donors (Lipinski definition) is 0. The van der Waals surface area contributed by atoms with Gasteiger partial charge in [0.1, 0.15) is 11.6 Å². The van der Waals surface area contributed by atoms with Crippen molar-refractivity contribution in [3.8, 4) is 5.75 Å². The monoisotopic (exact) mass is 133 g/mol. The summed E-state index contributed by atoms with van der Waals surface area (Å²) in [7, 11) is -2.91. The molecule has 0 aliphatic carbocycles. The van der Waals surface area contributed by atoms with E-state index in [1.807, 2.05) is 0 Å². The van der Waals surface area contributed by atoms with Crippen LogP contribution >= 0.6 is 0 Å². The summed E-state index contributed by atoms with van der Waals surface area (Å²) in [4.78, 5) is 0. The molecule has 0 aliphatic heterocycles. The van der Waals surface area contributed by atoms with Crippen LogP contribution in [0.5, 0.6) is 5.75 Å². The Morgan fingerprint density at radius 2 is 2.22 bits per heavy atom. The quantitative estimate of drug-likeness (QED) is 0.568. The molecule has 1 aromatic rings. The lowest BCUT2D eigenvalue weighted by atomic mass is 10.3. The van der Waals surface area contributed by atoms with E-state index in [0.29, 0.717) is 0 Å². The lowest BCUT2D eigenvalue weighted by Gasteiger charge is -1.95. The van der Waals surface area contributed by atoms with Crippen LogP contribution in [-0.2, 0) is 0 Å². The summed E-state index contributed by atoms with van der Waals surface area (Å²) in [5, 5.41) is 0.